The minimum absolute atomic E-state index is 0.303. The highest BCUT2D eigenvalue weighted by atomic mass is 16.5. The average molecular weight is 282 g/mol. The Morgan fingerprint density at radius 1 is 1.10 bits per heavy atom. The van der Waals surface area contributed by atoms with Gasteiger partial charge in [0, 0.05) is 19.3 Å². The molecule has 1 aliphatic rings. The van der Waals surface area contributed by atoms with E-state index in [1.165, 1.54) is 44.6 Å². The Balaban J connectivity index is 1.98. The minimum Gasteiger partial charge on any atom is -0.462 e. The molecule has 1 aliphatic carbocycles. The van der Waals surface area contributed by atoms with Crippen LogP contribution in [0, 0.1) is 11.8 Å². The smallest absolute Gasteiger partial charge is 0.330 e. The van der Waals surface area contributed by atoms with Crippen LogP contribution >= 0.6 is 0 Å². The number of hydrogen-bond donors (Lipinski definition) is 0. The Hall–Kier alpha value is -0.830. The average Bonchev–Trinajstić information content (AvgIpc) is 2.49. The largest absolute Gasteiger partial charge is 0.462 e. The summed E-state index contributed by atoms with van der Waals surface area (Å²) in [5, 5.41) is 0. The second-order valence-corrected chi connectivity index (χ2v) is 5.86. The molecule has 1 rings (SSSR count). The van der Waals surface area contributed by atoms with Crippen LogP contribution in [0.25, 0.3) is 0 Å². The Morgan fingerprint density at radius 3 is 2.35 bits per heavy atom. The maximum absolute atomic E-state index is 11.0. The summed E-state index contributed by atoms with van der Waals surface area (Å²) in [6, 6.07) is 0. The summed E-state index contributed by atoms with van der Waals surface area (Å²) in [5.74, 6) is 0.926. The predicted molar refractivity (Wildman–Crippen MR) is 81.6 cm³/mol. The van der Waals surface area contributed by atoms with E-state index in [1.54, 1.807) is 0 Å². The van der Waals surface area contributed by atoms with Crippen LogP contribution in [0.2, 0.25) is 0 Å². The molecule has 0 saturated heterocycles. The molecule has 0 N–H and O–H groups in total. The first-order valence-electron chi connectivity index (χ1n) is 8.13. The zero-order valence-corrected chi connectivity index (χ0v) is 12.9. The highest BCUT2D eigenvalue weighted by molar-refractivity contribution is 5.81. The normalized spacial score (nSPS) is 22.4. The fourth-order valence-electron chi connectivity index (χ4n) is 2.70. The number of carbonyl (C=O) groups is 1. The third-order valence-corrected chi connectivity index (χ3v) is 4.09. The molecule has 0 unspecified atom stereocenters. The van der Waals surface area contributed by atoms with Crippen LogP contribution in [0.4, 0.5) is 0 Å². The monoisotopic (exact) mass is 282 g/mol. The summed E-state index contributed by atoms with van der Waals surface area (Å²) >= 11 is 0. The molecule has 0 atom stereocenters. The lowest BCUT2D eigenvalue weighted by Gasteiger charge is -2.27. The second kappa shape index (κ2) is 10.9. The molecule has 0 aromatic carbocycles. The Kier molecular flexibility index (Phi) is 9.38. The van der Waals surface area contributed by atoms with E-state index in [0.717, 1.165) is 26.1 Å². The minimum atomic E-state index is -0.303. The molecule has 0 radical (unpaired) electrons. The van der Waals surface area contributed by atoms with Crippen molar-refractivity contribution < 1.29 is 14.3 Å². The van der Waals surface area contributed by atoms with Gasteiger partial charge in [-0.2, -0.15) is 0 Å². The van der Waals surface area contributed by atoms with Crippen molar-refractivity contribution in [2.45, 2.75) is 58.3 Å². The fraction of sp³-hybridized carbons (Fsp3) is 0.824. The van der Waals surface area contributed by atoms with Crippen LogP contribution in [0.3, 0.4) is 0 Å². The maximum Gasteiger partial charge on any atom is 0.330 e. The number of ether oxygens (including phenoxy) is 2. The van der Waals surface area contributed by atoms with Crippen LogP contribution in [-0.4, -0.2) is 25.8 Å². The van der Waals surface area contributed by atoms with E-state index in [2.05, 4.69) is 13.5 Å². The van der Waals surface area contributed by atoms with Crippen molar-refractivity contribution in [1.29, 1.82) is 0 Å². The van der Waals surface area contributed by atoms with Gasteiger partial charge in [0.15, 0.2) is 0 Å². The molecule has 0 amide bonds. The first kappa shape index (κ1) is 17.2. The van der Waals surface area contributed by atoms with Crippen LogP contribution in [0.1, 0.15) is 58.3 Å². The molecule has 20 heavy (non-hydrogen) atoms. The standard InChI is InChI=1S/C17H30O3/c1-3-5-6-7-12-19-13-15-8-10-16(11-9-15)14-20-17(18)4-2/h4,15-16H,2-3,5-14H2,1H3. The van der Waals surface area contributed by atoms with Gasteiger partial charge in [0.1, 0.15) is 0 Å². The zero-order valence-electron chi connectivity index (χ0n) is 12.9. The van der Waals surface area contributed by atoms with E-state index in [0.29, 0.717) is 18.4 Å². The fourth-order valence-corrected chi connectivity index (χ4v) is 2.70. The summed E-state index contributed by atoms with van der Waals surface area (Å²) in [4.78, 5) is 11.0. The van der Waals surface area contributed by atoms with E-state index in [1.807, 2.05) is 0 Å². The van der Waals surface area contributed by atoms with Gasteiger partial charge in [0.25, 0.3) is 0 Å². The second-order valence-electron chi connectivity index (χ2n) is 5.86. The molecule has 0 aliphatic heterocycles. The molecule has 1 saturated carbocycles. The molecule has 3 nitrogen and oxygen atoms in total. The molecule has 0 spiro atoms. The van der Waals surface area contributed by atoms with E-state index >= 15 is 0 Å². The molecule has 0 aromatic rings. The SMILES string of the molecule is C=CC(=O)OCC1CCC(COCCCCCC)CC1. The number of rotatable bonds is 10. The van der Waals surface area contributed by atoms with Gasteiger partial charge in [-0.15, -0.1) is 0 Å². The van der Waals surface area contributed by atoms with Crippen molar-refractivity contribution in [3.05, 3.63) is 12.7 Å². The van der Waals surface area contributed by atoms with Crippen molar-refractivity contribution in [3.63, 3.8) is 0 Å². The van der Waals surface area contributed by atoms with Gasteiger partial charge in [-0.05, 0) is 43.9 Å². The van der Waals surface area contributed by atoms with E-state index in [9.17, 15) is 4.79 Å². The molecule has 0 bridgehead atoms. The Labute approximate surface area is 123 Å². The molecule has 1 fully saturated rings. The molecule has 0 aromatic heterocycles. The van der Waals surface area contributed by atoms with Gasteiger partial charge in [-0.3, -0.25) is 0 Å². The number of carbonyl (C=O) groups excluding carboxylic acids is 1. The molecular formula is C17H30O3. The lowest BCUT2D eigenvalue weighted by atomic mass is 9.83. The van der Waals surface area contributed by atoms with Gasteiger partial charge in [0.2, 0.25) is 0 Å². The van der Waals surface area contributed by atoms with Crippen LogP contribution in [0.15, 0.2) is 12.7 Å². The van der Waals surface area contributed by atoms with Crippen molar-refractivity contribution in [2.24, 2.45) is 11.8 Å². The van der Waals surface area contributed by atoms with Gasteiger partial charge in [-0.25, -0.2) is 4.79 Å². The lowest BCUT2D eigenvalue weighted by Crippen LogP contribution is -2.22. The highest BCUT2D eigenvalue weighted by Gasteiger charge is 2.22. The predicted octanol–water partition coefficient (Wildman–Crippen LogP) is 4.12. The summed E-state index contributed by atoms with van der Waals surface area (Å²) in [7, 11) is 0. The van der Waals surface area contributed by atoms with Crippen LogP contribution in [-0.2, 0) is 14.3 Å². The highest BCUT2D eigenvalue weighted by Crippen LogP contribution is 2.29. The Morgan fingerprint density at radius 2 is 1.75 bits per heavy atom. The third-order valence-electron chi connectivity index (χ3n) is 4.09. The quantitative estimate of drug-likeness (QED) is 0.343. The van der Waals surface area contributed by atoms with Gasteiger partial charge in [-0.1, -0.05) is 32.8 Å². The van der Waals surface area contributed by atoms with E-state index < -0.39 is 0 Å². The first-order valence-corrected chi connectivity index (χ1v) is 8.13. The third kappa shape index (κ3) is 7.68. The zero-order chi connectivity index (χ0) is 14.6. The van der Waals surface area contributed by atoms with Crippen molar-refractivity contribution in [1.82, 2.24) is 0 Å². The summed E-state index contributed by atoms with van der Waals surface area (Å²) in [6.45, 7) is 8.01. The van der Waals surface area contributed by atoms with Gasteiger partial charge < -0.3 is 9.47 Å². The topological polar surface area (TPSA) is 35.5 Å². The van der Waals surface area contributed by atoms with Crippen LogP contribution in [0.5, 0.6) is 0 Å². The summed E-state index contributed by atoms with van der Waals surface area (Å²) in [6.07, 6.45) is 11.0. The van der Waals surface area contributed by atoms with Crippen molar-refractivity contribution >= 4 is 5.97 Å². The van der Waals surface area contributed by atoms with Crippen LogP contribution < -0.4 is 0 Å². The van der Waals surface area contributed by atoms with Gasteiger partial charge in [0.05, 0.1) is 6.61 Å². The summed E-state index contributed by atoms with van der Waals surface area (Å²) < 4.78 is 10.9. The molecule has 0 heterocycles. The van der Waals surface area contributed by atoms with Gasteiger partial charge >= 0.3 is 5.97 Å². The van der Waals surface area contributed by atoms with E-state index in [4.69, 9.17) is 9.47 Å². The van der Waals surface area contributed by atoms with Crippen molar-refractivity contribution in [3.8, 4) is 0 Å². The van der Waals surface area contributed by atoms with E-state index in [-0.39, 0.29) is 5.97 Å². The lowest BCUT2D eigenvalue weighted by molar-refractivity contribution is -0.139. The summed E-state index contributed by atoms with van der Waals surface area (Å²) in [5.41, 5.74) is 0. The number of esters is 1. The van der Waals surface area contributed by atoms with Crippen molar-refractivity contribution in [2.75, 3.05) is 19.8 Å². The Bertz CT molecular complexity index is 267. The number of unbranched alkanes of at least 4 members (excludes halogenated alkanes) is 3. The maximum atomic E-state index is 11.0. The number of hydrogen-bond acceptors (Lipinski definition) is 3. The molecular weight excluding hydrogens is 252 g/mol. The molecule has 3 heteroatoms. The first-order chi connectivity index (χ1) is 9.76. The molecule has 116 valence electrons.